The summed E-state index contributed by atoms with van der Waals surface area (Å²) in [4.78, 5) is 3.99. The summed E-state index contributed by atoms with van der Waals surface area (Å²) >= 11 is 1.30. The van der Waals surface area contributed by atoms with Crippen LogP contribution in [0.2, 0.25) is 0 Å². The largest absolute Gasteiger partial charge is 0.412 e. The van der Waals surface area contributed by atoms with Gasteiger partial charge in [0.25, 0.3) is 5.19 Å². The molecule has 2 rings (SSSR count). The van der Waals surface area contributed by atoms with Gasteiger partial charge in [0.15, 0.2) is 0 Å². The van der Waals surface area contributed by atoms with Crippen LogP contribution in [-0.4, -0.2) is 14.8 Å². The Morgan fingerprint density at radius 3 is 2.86 bits per heavy atom. The van der Waals surface area contributed by atoms with E-state index in [4.69, 9.17) is 10.5 Å². The molecule has 0 spiro atoms. The lowest BCUT2D eigenvalue weighted by Gasteiger charge is -1.99. The minimum absolute atomic E-state index is 0.533. The maximum absolute atomic E-state index is 5.53. The lowest BCUT2D eigenvalue weighted by atomic mass is 10.5. The van der Waals surface area contributed by atoms with Crippen LogP contribution in [0.5, 0.6) is 11.1 Å². The molecule has 0 aliphatic rings. The van der Waals surface area contributed by atoms with Gasteiger partial charge in [-0.1, -0.05) is 11.3 Å². The third kappa shape index (κ3) is 1.69. The van der Waals surface area contributed by atoms with Crippen molar-refractivity contribution in [3.63, 3.8) is 0 Å². The summed E-state index contributed by atoms with van der Waals surface area (Å²) in [5, 5.41) is 5.32. The van der Waals surface area contributed by atoms with E-state index in [-0.39, 0.29) is 0 Å². The summed E-state index contributed by atoms with van der Waals surface area (Å²) in [6.07, 6.45) is 1.57. The molecule has 2 aromatic heterocycles. The number of aromatic nitrogens is 3. The Morgan fingerprint density at radius 2 is 2.36 bits per heavy atom. The Labute approximate surface area is 85.1 Å². The maximum Gasteiger partial charge on any atom is 0.281 e. The van der Waals surface area contributed by atoms with E-state index in [1.807, 2.05) is 20.0 Å². The van der Waals surface area contributed by atoms with E-state index in [0.717, 1.165) is 5.69 Å². The summed E-state index contributed by atoms with van der Waals surface area (Å²) in [5.74, 6) is 0.664. The molecule has 0 saturated carbocycles. The molecule has 0 bridgehead atoms. The fraction of sp³-hybridized carbons (Fsp3) is 0.250. The standard InChI is InChI=1S/C8H10N4OS/c1-5-3-7(12(2)11-5)13-8-10-4-6(9)14-8/h3-4H,9H2,1-2H3. The number of hydrogen-bond donors (Lipinski definition) is 1. The summed E-state index contributed by atoms with van der Waals surface area (Å²) in [7, 11) is 1.82. The summed E-state index contributed by atoms with van der Waals surface area (Å²) in [6, 6.07) is 1.84. The van der Waals surface area contributed by atoms with Crippen molar-refractivity contribution in [1.29, 1.82) is 0 Å². The topological polar surface area (TPSA) is 66.0 Å². The monoisotopic (exact) mass is 210 g/mol. The van der Waals surface area contributed by atoms with Crippen LogP contribution in [0.25, 0.3) is 0 Å². The zero-order chi connectivity index (χ0) is 10.1. The van der Waals surface area contributed by atoms with Crippen molar-refractivity contribution in [2.45, 2.75) is 6.92 Å². The van der Waals surface area contributed by atoms with E-state index in [1.165, 1.54) is 11.3 Å². The first kappa shape index (κ1) is 9.01. The Balaban J connectivity index is 2.22. The van der Waals surface area contributed by atoms with E-state index >= 15 is 0 Å². The molecule has 74 valence electrons. The Hall–Kier alpha value is -1.56. The van der Waals surface area contributed by atoms with Gasteiger partial charge in [-0.15, -0.1) is 0 Å². The molecule has 0 fully saturated rings. The number of hydrogen-bond acceptors (Lipinski definition) is 5. The molecule has 0 aliphatic heterocycles. The Bertz CT molecular complexity index is 448. The minimum atomic E-state index is 0.533. The molecule has 14 heavy (non-hydrogen) atoms. The zero-order valence-corrected chi connectivity index (χ0v) is 8.71. The number of nitrogens with two attached hydrogens (primary N) is 1. The summed E-state index contributed by atoms with van der Waals surface area (Å²) in [5.41, 5.74) is 6.44. The molecule has 0 aromatic carbocycles. The van der Waals surface area contributed by atoms with Crippen LogP contribution in [0.3, 0.4) is 0 Å². The number of rotatable bonds is 2. The Kier molecular flexibility index (Phi) is 2.12. The molecule has 0 aliphatic carbocycles. The van der Waals surface area contributed by atoms with Gasteiger partial charge in [0.1, 0.15) is 5.00 Å². The number of nitrogens with zero attached hydrogens (tertiary/aromatic N) is 3. The van der Waals surface area contributed by atoms with Crippen LogP contribution in [-0.2, 0) is 7.05 Å². The number of aryl methyl sites for hydroxylation is 2. The predicted molar refractivity (Wildman–Crippen MR) is 54.5 cm³/mol. The highest BCUT2D eigenvalue weighted by Crippen LogP contribution is 2.27. The zero-order valence-electron chi connectivity index (χ0n) is 7.89. The molecule has 0 saturated heterocycles. The van der Waals surface area contributed by atoms with Crippen LogP contribution in [0.15, 0.2) is 12.3 Å². The first-order valence-electron chi connectivity index (χ1n) is 4.05. The lowest BCUT2D eigenvalue weighted by Crippen LogP contribution is -1.94. The maximum atomic E-state index is 5.53. The molecule has 0 unspecified atom stereocenters. The van der Waals surface area contributed by atoms with E-state index < -0.39 is 0 Å². The first-order chi connectivity index (χ1) is 6.65. The van der Waals surface area contributed by atoms with Gasteiger partial charge in [-0.25, -0.2) is 9.67 Å². The molecule has 0 amide bonds. The van der Waals surface area contributed by atoms with E-state index in [1.54, 1.807) is 10.9 Å². The van der Waals surface area contributed by atoms with Crippen molar-refractivity contribution in [3.05, 3.63) is 18.0 Å². The van der Waals surface area contributed by atoms with E-state index in [2.05, 4.69) is 10.1 Å². The highest BCUT2D eigenvalue weighted by molar-refractivity contribution is 7.17. The molecular formula is C8H10N4OS. The Morgan fingerprint density at radius 1 is 1.57 bits per heavy atom. The molecule has 0 radical (unpaired) electrons. The van der Waals surface area contributed by atoms with Gasteiger partial charge in [-0.05, 0) is 6.92 Å². The van der Waals surface area contributed by atoms with Crippen molar-refractivity contribution in [2.75, 3.05) is 5.73 Å². The van der Waals surface area contributed by atoms with Gasteiger partial charge >= 0.3 is 0 Å². The minimum Gasteiger partial charge on any atom is -0.412 e. The molecule has 6 heteroatoms. The second-order valence-electron chi connectivity index (χ2n) is 2.88. The van der Waals surface area contributed by atoms with Crippen LogP contribution in [0.4, 0.5) is 5.00 Å². The van der Waals surface area contributed by atoms with Gasteiger partial charge in [0, 0.05) is 13.1 Å². The van der Waals surface area contributed by atoms with Crippen LogP contribution in [0, 0.1) is 6.92 Å². The average Bonchev–Trinajstić information content (AvgIpc) is 2.61. The number of thiazole rings is 1. The molecule has 2 aromatic rings. The molecule has 2 heterocycles. The van der Waals surface area contributed by atoms with Crippen molar-refractivity contribution < 1.29 is 4.74 Å². The second kappa shape index (κ2) is 3.30. The highest BCUT2D eigenvalue weighted by Gasteiger charge is 2.06. The normalized spacial score (nSPS) is 10.4. The van der Waals surface area contributed by atoms with Gasteiger partial charge in [0.2, 0.25) is 5.88 Å². The fourth-order valence-electron chi connectivity index (χ4n) is 1.09. The highest BCUT2D eigenvalue weighted by atomic mass is 32.1. The first-order valence-corrected chi connectivity index (χ1v) is 4.86. The van der Waals surface area contributed by atoms with Gasteiger partial charge in [-0.3, -0.25) is 0 Å². The number of nitrogen functional groups attached to an aromatic ring is 1. The third-order valence-corrected chi connectivity index (χ3v) is 2.36. The quantitative estimate of drug-likeness (QED) is 0.816. The van der Waals surface area contributed by atoms with Crippen LogP contribution < -0.4 is 10.5 Å². The smallest absolute Gasteiger partial charge is 0.281 e. The average molecular weight is 210 g/mol. The van der Waals surface area contributed by atoms with Crippen LogP contribution in [0.1, 0.15) is 5.69 Å². The molecular weight excluding hydrogens is 200 g/mol. The molecule has 5 nitrogen and oxygen atoms in total. The van der Waals surface area contributed by atoms with Crippen LogP contribution >= 0.6 is 11.3 Å². The van der Waals surface area contributed by atoms with Crippen molar-refractivity contribution >= 4 is 16.3 Å². The predicted octanol–water partition coefficient (Wildman–Crippen LogP) is 1.56. The van der Waals surface area contributed by atoms with Crippen molar-refractivity contribution in [2.24, 2.45) is 7.05 Å². The number of anilines is 1. The van der Waals surface area contributed by atoms with E-state index in [9.17, 15) is 0 Å². The van der Waals surface area contributed by atoms with Crippen molar-refractivity contribution in [1.82, 2.24) is 14.8 Å². The summed E-state index contributed by atoms with van der Waals surface area (Å²) in [6.45, 7) is 1.91. The van der Waals surface area contributed by atoms with Crippen molar-refractivity contribution in [3.8, 4) is 11.1 Å². The second-order valence-corrected chi connectivity index (χ2v) is 3.90. The summed E-state index contributed by atoms with van der Waals surface area (Å²) < 4.78 is 7.14. The number of ether oxygens (including phenoxy) is 1. The van der Waals surface area contributed by atoms with E-state index in [0.29, 0.717) is 16.1 Å². The molecule has 0 atom stereocenters. The molecule has 2 N–H and O–H groups in total. The fourth-order valence-corrected chi connectivity index (χ4v) is 1.63. The van der Waals surface area contributed by atoms with Gasteiger partial charge in [0.05, 0.1) is 11.9 Å². The SMILES string of the molecule is Cc1cc(Oc2ncc(N)s2)n(C)n1. The third-order valence-electron chi connectivity index (χ3n) is 1.65. The van der Waals surface area contributed by atoms with Gasteiger partial charge < -0.3 is 10.5 Å². The van der Waals surface area contributed by atoms with Gasteiger partial charge in [-0.2, -0.15) is 5.10 Å². The lowest BCUT2D eigenvalue weighted by molar-refractivity contribution is 0.428.